The molecule has 0 aliphatic carbocycles. The maximum atomic E-state index is 11.1. The van der Waals surface area contributed by atoms with Crippen molar-refractivity contribution in [2.75, 3.05) is 6.54 Å². The summed E-state index contributed by atoms with van der Waals surface area (Å²) >= 11 is 0. The van der Waals surface area contributed by atoms with Crippen LogP contribution in [-0.4, -0.2) is 29.9 Å². The molecule has 1 aliphatic rings. The molecule has 0 spiro atoms. The van der Waals surface area contributed by atoms with Crippen LogP contribution in [0.4, 0.5) is 0 Å². The molecule has 1 heterocycles. The van der Waals surface area contributed by atoms with Gasteiger partial charge in [-0.25, -0.2) is 0 Å². The fourth-order valence-electron chi connectivity index (χ4n) is 1.73. The Morgan fingerprint density at radius 3 is 2.86 bits per heavy atom. The van der Waals surface area contributed by atoms with Crippen molar-refractivity contribution in [2.24, 2.45) is 5.73 Å². The van der Waals surface area contributed by atoms with Gasteiger partial charge in [0.1, 0.15) is 0 Å². The van der Waals surface area contributed by atoms with Crippen LogP contribution >= 0.6 is 0 Å². The standard InChI is InChI=1S/C9H17N3O2/c1-9(2)6(11-5-7(10)13)3-4-8(14)12-9/h6,11H,3-5H2,1-2H3,(H2,10,13)(H,12,14). The van der Waals surface area contributed by atoms with E-state index in [2.05, 4.69) is 10.6 Å². The van der Waals surface area contributed by atoms with Crippen molar-refractivity contribution in [1.29, 1.82) is 0 Å². The summed E-state index contributed by atoms with van der Waals surface area (Å²) in [5, 5.41) is 5.92. The van der Waals surface area contributed by atoms with Crippen LogP contribution in [0.2, 0.25) is 0 Å². The van der Waals surface area contributed by atoms with Gasteiger partial charge in [-0.2, -0.15) is 0 Å². The summed E-state index contributed by atoms with van der Waals surface area (Å²) in [6, 6.07) is 0.104. The van der Waals surface area contributed by atoms with E-state index < -0.39 is 0 Å². The minimum Gasteiger partial charge on any atom is -0.369 e. The largest absolute Gasteiger partial charge is 0.369 e. The third-order valence-corrected chi connectivity index (χ3v) is 2.52. The van der Waals surface area contributed by atoms with Gasteiger partial charge in [0.25, 0.3) is 0 Å². The molecule has 14 heavy (non-hydrogen) atoms. The molecule has 5 heteroatoms. The van der Waals surface area contributed by atoms with Crippen molar-refractivity contribution >= 4 is 11.8 Å². The zero-order valence-corrected chi connectivity index (χ0v) is 8.59. The van der Waals surface area contributed by atoms with E-state index in [-0.39, 0.29) is 29.9 Å². The van der Waals surface area contributed by atoms with Crippen molar-refractivity contribution < 1.29 is 9.59 Å². The SMILES string of the molecule is CC1(C)NC(=O)CCC1NCC(N)=O. The van der Waals surface area contributed by atoms with Gasteiger partial charge in [-0.3, -0.25) is 9.59 Å². The van der Waals surface area contributed by atoms with E-state index >= 15 is 0 Å². The van der Waals surface area contributed by atoms with Gasteiger partial charge in [-0.15, -0.1) is 0 Å². The molecule has 1 aliphatic heterocycles. The van der Waals surface area contributed by atoms with Crippen LogP contribution in [0.1, 0.15) is 26.7 Å². The lowest BCUT2D eigenvalue weighted by molar-refractivity contribution is -0.125. The molecule has 5 nitrogen and oxygen atoms in total. The average Bonchev–Trinajstić information content (AvgIpc) is 2.00. The second-order valence-corrected chi connectivity index (χ2v) is 4.21. The van der Waals surface area contributed by atoms with Crippen LogP contribution in [0.5, 0.6) is 0 Å². The van der Waals surface area contributed by atoms with E-state index in [0.29, 0.717) is 6.42 Å². The average molecular weight is 199 g/mol. The molecule has 1 atom stereocenters. The lowest BCUT2D eigenvalue weighted by atomic mass is 9.87. The fraction of sp³-hybridized carbons (Fsp3) is 0.778. The molecular weight excluding hydrogens is 182 g/mol. The lowest BCUT2D eigenvalue weighted by Crippen LogP contribution is -2.61. The highest BCUT2D eigenvalue weighted by Gasteiger charge is 2.34. The molecule has 1 unspecified atom stereocenters. The molecule has 1 rings (SSSR count). The van der Waals surface area contributed by atoms with Crippen molar-refractivity contribution in [1.82, 2.24) is 10.6 Å². The molecule has 0 bridgehead atoms. The molecule has 0 aromatic carbocycles. The highest BCUT2D eigenvalue weighted by molar-refractivity contribution is 5.78. The van der Waals surface area contributed by atoms with Gasteiger partial charge in [0.05, 0.1) is 6.54 Å². The van der Waals surface area contributed by atoms with Crippen molar-refractivity contribution in [3.05, 3.63) is 0 Å². The van der Waals surface area contributed by atoms with E-state index in [0.717, 1.165) is 6.42 Å². The van der Waals surface area contributed by atoms with E-state index in [1.54, 1.807) is 0 Å². The van der Waals surface area contributed by atoms with Crippen LogP contribution in [-0.2, 0) is 9.59 Å². The monoisotopic (exact) mass is 199 g/mol. The van der Waals surface area contributed by atoms with E-state index in [1.807, 2.05) is 13.8 Å². The lowest BCUT2D eigenvalue weighted by Gasteiger charge is -2.39. The number of nitrogens with two attached hydrogens (primary N) is 1. The third-order valence-electron chi connectivity index (χ3n) is 2.52. The van der Waals surface area contributed by atoms with Crippen LogP contribution < -0.4 is 16.4 Å². The summed E-state index contributed by atoms with van der Waals surface area (Å²) in [5.74, 6) is -0.315. The normalized spacial score (nSPS) is 25.6. The number of piperidine rings is 1. The summed E-state index contributed by atoms with van der Waals surface area (Å²) in [5.41, 5.74) is 4.72. The Morgan fingerprint density at radius 1 is 1.71 bits per heavy atom. The van der Waals surface area contributed by atoms with Gasteiger partial charge in [-0.05, 0) is 20.3 Å². The Labute approximate surface area is 83.4 Å². The number of rotatable bonds is 3. The highest BCUT2D eigenvalue weighted by Crippen LogP contribution is 2.19. The summed E-state index contributed by atoms with van der Waals surface area (Å²) in [7, 11) is 0. The number of hydrogen-bond donors (Lipinski definition) is 3. The summed E-state index contributed by atoms with van der Waals surface area (Å²) in [6.07, 6.45) is 1.24. The second kappa shape index (κ2) is 3.96. The molecule has 1 fully saturated rings. The zero-order chi connectivity index (χ0) is 10.8. The van der Waals surface area contributed by atoms with E-state index in [9.17, 15) is 9.59 Å². The molecule has 2 amide bonds. The van der Waals surface area contributed by atoms with Gasteiger partial charge in [0, 0.05) is 18.0 Å². The van der Waals surface area contributed by atoms with Gasteiger partial charge in [-0.1, -0.05) is 0 Å². The minimum absolute atomic E-state index is 0.0622. The van der Waals surface area contributed by atoms with Gasteiger partial charge in [0.15, 0.2) is 0 Å². The highest BCUT2D eigenvalue weighted by atomic mass is 16.2. The number of primary amides is 1. The number of amides is 2. The van der Waals surface area contributed by atoms with Gasteiger partial charge < -0.3 is 16.4 Å². The molecule has 0 aromatic rings. The van der Waals surface area contributed by atoms with Crippen LogP contribution in [0.25, 0.3) is 0 Å². The second-order valence-electron chi connectivity index (χ2n) is 4.21. The van der Waals surface area contributed by atoms with E-state index in [1.165, 1.54) is 0 Å². The summed E-state index contributed by atoms with van der Waals surface area (Å²) < 4.78 is 0. The van der Waals surface area contributed by atoms with Gasteiger partial charge >= 0.3 is 0 Å². The molecule has 4 N–H and O–H groups in total. The van der Waals surface area contributed by atoms with Crippen molar-refractivity contribution in [3.8, 4) is 0 Å². The predicted molar refractivity (Wildman–Crippen MR) is 52.4 cm³/mol. The Balaban J connectivity index is 2.51. The number of hydrogen-bond acceptors (Lipinski definition) is 3. The first-order chi connectivity index (χ1) is 6.42. The molecule has 1 saturated heterocycles. The molecule has 80 valence electrons. The van der Waals surface area contributed by atoms with Crippen LogP contribution in [0.15, 0.2) is 0 Å². The smallest absolute Gasteiger partial charge is 0.231 e. The van der Waals surface area contributed by atoms with Crippen LogP contribution in [0.3, 0.4) is 0 Å². The zero-order valence-electron chi connectivity index (χ0n) is 8.59. The Bertz CT molecular complexity index is 250. The first-order valence-corrected chi connectivity index (χ1v) is 4.74. The topological polar surface area (TPSA) is 84.2 Å². The Morgan fingerprint density at radius 2 is 2.36 bits per heavy atom. The van der Waals surface area contributed by atoms with E-state index in [4.69, 9.17) is 5.73 Å². The fourth-order valence-corrected chi connectivity index (χ4v) is 1.73. The molecule has 0 radical (unpaired) electrons. The first kappa shape index (κ1) is 11.0. The molecule has 0 aromatic heterocycles. The minimum atomic E-state index is -0.377. The molecular formula is C9H17N3O2. The number of carbonyl (C=O) groups is 2. The van der Waals surface area contributed by atoms with Crippen molar-refractivity contribution in [2.45, 2.75) is 38.3 Å². The molecule has 0 saturated carbocycles. The van der Waals surface area contributed by atoms with Crippen molar-refractivity contribution in [3.63, 3.8) is 0 Å². The Kier molecular flexibility index (Phi) is 3.10. The third kappa shape index (κ3) is 2.70. The Hall–Kier alpha value is -1.10. The predicted octanol–water partition coefficient (Wildman–Crippen LogP) is -0.881. The summed E-state index contributed by atoms with van der Waals surface area (Å²) in [4.78, 5) is 21.7. The number of carbonyl (C=O) groups excluding carboxylic acids is 2. The van der Waals surface area contributed by atoms with Gasteiger partial charge in [0.2, 0.25) is 11.8 Å². The quantitative estimate of drug-likeness (QED) is 0.552. The summed E-state index contributed by atoms with van der Waals surface area (Å²) in [6.45, 7) is 4.02. The maximum Gasteiger partial charge on any atom is 0.231 e. The van der Waals surface area contributed by atoms with Crippen LogP contribution in [0, 0.1) is 0 Å². The number of nitrogens with one attached hydrogen (secondary N) is 2. The maximum absolute atomic E-state index is 11.1. The first-order valence-electron chi connectivity index (χ1n) is 4.74.